The lowest BCUT2D eigenvalue weighted by molar-refractivity contribution is -0.140. The third-order valence-corrected chi connectivity index (χ3v) is 5.72. The topological polar surface area (TPSA) is 79.5 Å². The van der Waals surface area contributed by atoms with Crippen LogP contribution in [0.25, 0.3) is 11.4 Å². The Morgan fingerprint density at radius 1 is 1.22 bits per heavy atom. The SMILES string of the molecule is CCN1C(=O)C2CCCCC2N(Cc2nc(-c3ccccc3Cl)no2)C1=O. The van der Waals surface area contributed by atoms with E-state index in [1.807, 2.05) is 25.1 Å². The smallest absolute Gasteiger partial charge is 0.327 e. The Labute approximate surface area is 162 Å². The predicted molar refractivity (Wildman–Crippen MR) is 98.8 cm³/mol. The highest BCUT2D eigenvalue weighted by molar-refractivity contribution is 6.33. The highest BCUT2D eigenvalue weighted by Gasteiger charge is 2.46. The Kier molecular flexibility index (Phi) is 4.86. The molecule has 1 aliphatic carbocycles. The van der Waals surface area contributed by atoms with Crippen LogP contribution in [-0.2, 0) is 11.3 Å². The highest BCUT2D eigenvalue weighted by Crippen LogP contribution is 2.35. The van der Waals surface area contributed by atoms with Crippen molar-refractivity contribution in [3.05, 3.63) is 35.2 Å². The monoisotopic (exact) mass is 388 g/mol. The molecule has 0 radical (unpaired) electrons. The van der Waals surface area contributed by atoms with E-state index in [1.165, 1.54) is 4.90 Å². The van der Waals surface area contributed by atoms with Crippen LogP contribution in [0.1, 0.15) is 38.5 Å². The van der Waals surface area contributed by atoms with Gasteiger partial charge in [0.2, 0.25) is 17.6 Å². The molecule has 142 valence electrons. The number of hydrogen-bond donors (Lipinski definition) is 0. The predicted octanol–water partition coefficient (Wildman–Crippen LogP) is 3.73. The van der Waals surface area contributed by atoms with Crippen molar-refractivity contribution in [3.8, 4) is 11.4 Å². The standard InChI is InChI=1S/C19H21ClN4O3/c1-2-23-18(25)13-8-4-6-10-15(13)24(19(23)26)11-16-21-17(22-27-16)12-7-3-5-9-14(12)20/h3,5,7,9,13,15H,2,4,6,8,10-11H2,1H3. The van der Waals surface area contributed by atoms with Crippen molar-refractivity contribution in [1.82, 2.24) is 19.9 Å². The number of hydrogen-bond acceptors (Lipinski definition) is 5. The second kappa shape index (κ2) is 7.31. The van der Waals surface area contributed by atoms with Crippen LogP contribution in [0.4, 0.5) is 4.79 Å². The third kappa shape index (κ3) is 3.20. The highest BCUT2D eigenvalue weighted by atomic mass is 35.5. The van der Waals surface area contributed by atoms with Crippen LogP contribution in [-0.4, -0.2) is 44.5 Å². The molecule has 2 fully saturated rings. The first-order valence-corrected chi connectivity index (χ1v) is 9.67. The minimum absolute atomic E-state index is 0.0502. The number of carbonyl (C=O) groups excluding carboxylic acids is 2. The second-order valence-corrected chi connectivity index (χ2v) is 7.35. The quantitative estimate of drug-likeness (QED) is 0.797. The number of imide groups is 1. The fourth-order valence-electron chi connectivity index (χ4n) is 4.06. The summed E-state index contributed by atoms with van der Waals surface area (Å²) >= 11 is 6.20. The molecule has 1 saturated carbocycles. The van der Waals surface area contributed by atoms with E-state index in [-0.39, 0.29) is 30.4 Å². The molecule has 7 nitrogen and oxygen atoms in total. The molecule has 2 unspecified atom stereocenters. The molecule has 0 bridgehead atoms. The minimum atomic E-state index is -0.275. The van der Waals surface area contributed by atoms with Gasteiger partial charge in [0.05, 0.1) is 10.9 Å². The van der Waals surface area contributed by atoms with E-state index in [2.05, 4.69) is 10.1 Å². The molecule has 2 aliphatic rings. The summed E-state index contributed by atoms with van der Waals surface area (Å²) < 4.78 is 5.38. The maximum atomic E-state index is 12.9. The van der Waals surface area contributed by atoms with Gasteiger partial charge >= 0.3 is 6.03 Å². The Morgan fingerprint density at radius 2 is 2.00 bits per heavy atom. The maximum Gasteiger partial charge on any atom is 0.327 e. The number of carbonyl (C=O) groups is 2. The molecule has 8 heteroatoms. The molecule has 1 aromatic heterocycles. The lowest BCUT2D eigenvalue weighted by Crippen LogP contribution is -2.61. The first-order valence-electron chi connectivity index (χ1n) is 9.29. The van der Waals surface area contributed by atoms with Crippen LogP contribution in [0.2, 0.25) is 5.02 Å². The van der Waals surface area contributed by atoms with Gasteiger partial charge in [-0.25, -0.2) is 4.79 Å². The van der Waals surface area contributed by atoms with Gasteiger partial charge in [-0.1, -0.05) is 41.7 Å². The van der Waals surface area contributed by atoms with Crippen molar-refractivity contribution in [2.24, 2.45) is 5.92 Å². The number of rotatable bonds is 4. The van der Waals surface area contributed by atoms with Gasteiger partial charge < -0.3 is 9.42 Å². The van der Waals surface area contributed by atoms with Gasteiger partial charge in [0.1, 0.15) is 6.54 Å². The number of nitrogens with zero attached hydrogens (tertiary/aromatic N) is 4. The van der Waals surface area contributed by atoms with E-state index < -0.39 is 0 Å². The molecule has 0 spiro atoms. The number of urea groups is 1. The summed E-state index contributed by atoms with van der Waals surface area (Å²) in [6, 6.07) is 6.89. The number of amides is 3. The Bertz CT molecular complexity index is 868. The number of fused-ring (bicyclic) bond motifs is 1. The summed E-state index contributed by atoms with van der Waals surface area (Å²) in [5.41, 5.74) is 0.681. The van der Waals surface area contributed by atoms with Gasteiger partial charge in [0, 0.05) is 18.2 Å². The number of aromatic nitrogens is 2. The van der Waals surface area contributed by atoms with Gasteiger partial charge in [-0.2, -0.15) is 4.98 Å². The first kappa shape index (κ1) is 18.0. The summed E-state index contributed by atoms with van der Waals surface area (Å²) in [7, 11) is 0. The summed E-state index contributed by atoms with van der Waals surface area (Å²) in [5.74, 6) is 0.546. The van der Waals surface area contributed by atoms with Crippen molar-refractivity contribution in [1.29, 1.82) is 0 Å². The van der Waals surface area contributed by atoms with Crippen LogP contribution in [0.3, 0.4) is 0 Å². The molecule has 2 aromatic rings. The number of benzene rings is 1. The van der Waals surface area contributed by atoms with E-state index in [9.17, 15) is 9.59 Å². The molecular formula is C19H21ClN4O3. The molecule has 1 aliphatic heterocycles. The lowest BCUT2D eigenvalue weighted by atomic mass is 9.81. The Balaban J connectivity index is 1.60. The van der Waals surface area contributed by atoms with E-state index in [4.69, 9.17) is 16.1 Å². The largest absolute Gasteiger partial charge is 0.337 e. The zero-order valence-corrected chi connectivity index (χ0v) is 15.9. The fourth-order valence-corrected chi connectivity index (χ4v) is 4.28. The molecular weight excluding hydrogens is 368 g/mol. The van der Waals surface area contributed by atoms with Crippen LogP contribution >= 0.6 is 11.6 Å². The van der Waals surface area contributed by atoms with Crippen LogP contribution in [0, 0.1) is 5.92 Å². The van der Waals surface area contributed by atoms with Crippen LogP contribution in [0.5, 0.6) is 0 Å². The van der Waals surface area contributed by atoms with Crippen molar-refractivity contribution in [3.63, 3.8) is 0 Å². The normalized spacial score (nSPS) is 22.9. The van der Waals surface area contributed by atoms with Crippen LogP contribution in [0.15, 0.2) is 28.8 Å². The van der Waals surface area contributed by atoms with E-state index in [0.29, 0.717) is 28.8 Å². The molecule has 3 amide bonds. The molecule has 27 heavy (non-hydrogen) atoms. The zero-order chi connectivity index (χ0) is 19.0. The molecule has 4 rings (SSSR count). The Morgan fingerprint density at radius 3 is 2.78 bits per heavy atom. The molecule has 1 saturated heterocycles. The average Bonchev–Trinajstić information content (AvgIpc) is 3.14. The van der Waals surface area contributed by atoms with E-state index in [1.54, 1.807) is 11.0 Å². The van der Waals surface area contributed by atoms with Crippen molar-refractivity contribution in [2.45, 2.75) is 45.2 Å². The molecule has 2 heterocycles. The van der Waals surface area contributed by atoms with E-state index >= 15 is 0 Å². The van der Waals surface area contributed by atoms with Gasteiger partial charge in [-0.05, 0) is 31.9 Å². The maximum absolute atomic E-state index is 12.9. The van der Waals surface area contributed by atoms with Crippen LogP contribution < -0.4 is 0 Å². The summed E-state index contributed by atoms with van der Waals surface area (Å²) in [5, 5.41) is 4.54. The van der Waals surface area contributed by atoms with Crippen molar-refractivity contribution >= 4 is 23.5 Å². The average molecular weight is 389 g/mol. The van der Waals surface area contributed by atoms with Gasteiger partial charge in [-0.3, -0.25) is 9.69 Å². The molecule has 2 atom stereocenters. The van der Waals surface area contributed by atoms with Crippen molar-refractivity contribution in [2.75, 3.05) is 6.54 Å². The van der Waals surface area contributed by atoms with Gasteiger partial charge in [0.25, 0.3) is 0 Å². The summed E-state index contributed by atoms with van der Waals surface area (Å²) in [6.45, 7) is 2.38. The minimum Gasteiger partial charge on any atom is -0.337 e. The lowest BCUT2D eigenvalue weighted by Gasteiger charge is -2.46. The fraction of sp³-hybridized carbons (Fsp3) is 0.474. The summed E-state index contributed by atoms with van der Waals surface area (Å²) in [4.78, 5) is 33.0. The zero-order valence-electron chi connectivity index (χ0n) is 15.1. The van der Waals surface area contributed by atoms with Gasteiger partial charge in [-0.15, -0.1) is 0 Å². The third-order valence-electron chi connectivity index (χ3n) is 5.39. The number of halogens is 1. The molecule has 0 N–H and O–H groups in total. The second-order valence-electron chi connectivity index (χ2n) is 6.94. The van der Waals surface area contributed by atoms with Gasteiger partial charge in [0.15, 0.2) is 0 Å². The Hall–Kier alpha value is -2.41. The van der Waals surface area contributed by atoms with Crippen molar-refractivity contribution < 1.29 is 14.1 Å². The first-order chi connectivity index (χ1) is 13.1. The van der Waals surface area contributed by atoms with E-state index in [0.717, 1.165) is 25.7 Å². The molecule has 1 aromatic carbocycles. The summed E-state index contributed by atoms with van der Waals surface area (Å²) in [6.07, 6.45) is 3.67.